The lowest BCUT2D eigenvalue weighted by Crippen LogP contribution is -2.14. The number of aryl methyl sites for hydroxylation is 1. The van der Waals surface area contributed by atoms with Gasteiger partial charge in [-0.15, -0.1) is 0 Å². The van der Waals surface area contributed by atoms with Crippen LogP contribution in [0, 0.1) is 6.92 Å². The van der Waals surface area contributed by atoms with Crippen LogP contribution in [0.15, 0.2) is 35.4 Å². The Morgan fingerprint density at radius 2 is 2.14 bits per heavy atom. The van der Waals surface area contributed by atoms with E-state index >= 15 is 0 Å². The lowest BCUT2D eigenvalue weighted by Gasteiger charge is -2.05. The normalized spacial score (nSPS) is 10.1. The summed E-state index contributed by atoms with van der Waals surface area (Å²) in [6.45, 7) is 1.74. The minimum atomic E-state index is -0.160. The highest BCUT2D eigenvalue weighted by atomic mass is 16.1. The van der Waals surface area contributed by atoms with Crippen LogP contribution in [-0.2, 0) is 0 Å². The van der Waals surface area contributed by atoms with Crippen LogP contribution in [0.2, 0.25) is 0 Å². The summed E-state index contributed by atoms with van der Waals surface area (Å²) in [6, 6.07) is 5.17. The number of aromatic nitrogens is 3. The predicted molar refractivity (Wildman–Crippen MR) is 53.0 cm³/mol. The molecule has 0 fully saturated rings. The minimum Gasteiger partial charge on any atom is -0.311 e. The molecule has 0 amide bonds. The fourth-order valence-electron chi connectivity index (χ4n) is 1.18. The van der Waals surface area contributed by atoms with E-state index in [1.54, 1.807) is 11.6 Å². The first-order valence-corrected chi connectivity index (χ1v) is 4.22. The second-order valence-electron chi connectivity index (χ2n) is 2.92. The van der Waals surface area contributed by atoms with Crippen LogP contribution in [0.3, 0.4) is 0 Å². The van der Waals surface area contributed by atoms with Crippen molar-refractivity contribution in [2.24, 2.45) is 0 Å². The van der Waals surface area contributed by atoms with Gasteiger partial charge in [-0.05, 0) is 19.1 Å². The van der Waals surface area contributed by atoms with E-state index in [1.807, 2.05) is 24.5 Å². The lowest BCUT2D eigenvalue weighted by atomic mass is 10.5. The molecule has 0 radical (unpaired) electrons. The average Bonchev–Trinajstić information content (AvgIpc) is 2.54. The summed E-state index contributed by atoms with van der Waals surface area (Å²) < 4.78 is 1.72. The second kappa shape index (κ2) is 3.37. The first kappa shape index (κ1) is 8.55. The van der Waals surface area contributed by atoms with Crippen molar-refractivity contribution in [1.29, 1.82) is 0 Å². The monoisotopic (exact) mass is 190 g/mol. The molecule has 0 unspecified atom stereocenters. The molecule has 5 heteroatoms. The molecule has 2 heterocycles. The van der Waals surface area contributed by atoms with Gasteiger partial charge in [0.05, 0.1) is 0 Å². The quantitative estimate of drug-likeness (QED) is 0.734. The first-order chi connectivity index (χ1) is 6.74. The summed E-state index contributed by atoms with van der Waals surface area (Å²) in [6.07, 6.45) is 3.66. The van der Waals surface area contributed by atoms with Crippen molar-refractivity contribution < 1.29 is 0 Å². The topological polar surface area (TPSA) is 62.7 Å². The molecule has 2 rings (SSSR count). The van der Waals surface area contributed by atoms with Crippen molar-refractivity contribution in [2.45, 2.75) is 6.92 Å². The van der Waals surface area contributed by atoms with Crippen LogP contribution in [0.4, 0.5) is 5.82 Å². The molecule has 2 N–H and O–H groups in total. The van der Waals surface area contributed by atoms with Crippen LogP contribution >= 0.6 is 0 Å². The highest BCUT2D eigenvalue weighted by molar-refractivity contribution is 5.32. The van der Waals surface area contributed by atoms with Crippen molar-refractivity contribution >= 4 is 5.82 Å². The smallest absolute Gasteiger partial charge is 0.253 e. The molecule has 2 aromatic heterocycles. The Balaban J connectivity index is 2.29. The molecule has 0 saturated heterocycles. The Bertz CT molecular complexity index is 472. The van der Waals surface area contributed by atoms with Gasteiger partial charge in [-0.1, -0.05) is 0 Å². The Morgan fingerprint density at radius 3 is 2.79 bits per heavy atom. The third-order valence-electron chi connectivity index (χ3n) is 1.71. The minimum absolute atomic E-state index is 0.160. The number of nitrogens with zero attached hydrogens (tertiary/aromatic N) is 2. The summed E-state index contributed by atoms with van der Waals surface area (Å²) in [5.41, 5.74) is 2.79. The van der Waals surface area contributed by atoms with E-state index < -0.39 is 0 Å². The fraction of sp³-hybridized carbons (Fsp3) is 0.111. The van der Waals surface area contributed by atoms with Crippen molar-refractivity contribution in [3.8, 4) is 0 Å². The van der Waals surface area contributed by atoms with Gasteiger partial charge < -0.3 is 4.98 Å². The number of hydrogen-bond acceptors (Lipinski definition) is 3. The third-order valence-corrected chi connectivity index (χ3v) is 1.71. The van der Waals surface area contributed by atoms with E-state index in [1.165, 1.54) is 6.07 Å². The Morgan fingerprint density at radius 1 is 1.43 bits per heavy atom. The standard InChI is InChI=1S/C9H10N4O/c1-7-10-8(6-9(14)11-7)12-13-4-2-3-5-13/h2-6H,1H3,(H2,10,11,12,14). The van der Waals surface area contributed by atoms with Gasteiger partial charge in [-0.3, -0.25) is 14.9 Å². The summed E-state index contributed by atoms with van der Waals surface area (Å²) in [4.78, 5) is 17.8. The van der Waals surface area contributed by atoms with Crippen molar-refractivity contribution in [3.05, 3.63) is 46.8 Å². The van der Waals surface area contributed by atoms with Gasteiger partial charge in [0.2, 0.25) is 0 Å². The van der Waals surface area contributed by atoms with Gasteiger partial charge in [0.25, 0.3) is 5.56 Å². The summed E-state index contributed by atoms with van der Waals surface area (Å²) in [5, 5.41) is 0. The van der Waals surface area contributed by atoms with Crippen LogP contribution in [0.25, 0.3) is 0 Å². The number of H-pyrrole nitrogens is 1. The van der Waals surface area contributed by atoms with Crippen LogP contribution < -0.4 is 11.0 Å². The van der Waals surface area contributed by atoms with E-state index in [0.717, 1.165) is 0 Å². The molecule has 72 valence electrons. The van der Waals surface area contributed by atoms with Crippen LogP contribution in [0.1, 0.15) is 5.82 Å². The van der Waals surface area contributed by atoms with Gasteiger partial charge in [-0.25, -0.2) is 4.98 Å². The molecule has 0 aliphatic carbocycles. The highest BCUT2D eigenvalue weighted by Gasteiger charge is 1.96. The first-order valence-electron chi connectivity index (χ1n) is 4.22. The second-order valence-corrected chi connectivity index (χ2v) is 2.92. The Kier molecular flexibility index (Phi) is 2.06. The predicted octanol–water partition coefficient (Wildman–Crippen LogP) is 0.755. The molecule has 0 aliphatic heterocycles. The van der Waals surface area contributed by atoms with E-state index in [4.69, 9.17) is 0 Å². The van der Waals surface area contributed by atoms with Crippen molar-refractivity contribution in [3.63, 3.8) is 0 Å². The summed E-state index contributed by atoms with van der Waals surface area (Å²) >= 11 is 0. The van der Waals surface area contributed by atoms with Gasteiger partial charge in [-0.2, -0.15) is 0 Å². The zero-order valence-corrected chi connectivity index (χ0v) is 7.69. The zero-order chi connectivity index (χ0) is 9.97. The van der Waals surface area contributed by atoms with E-state index in [-0.39, 0.29) is 5.56 Å². The average molecular weight is 190 g/mol. The van der Waals surface area contributed by atoms with Gasteiger partial charge in [0.1, 0.15) is 5.82 Å². The molecule has 0 bridgehead atoms. The van der Waals surface area contributed by atoms with E-state index in [2.05, 4.69) is 15.4 Å². The number of aromatic amines is 1. The molecule has 0 aliphatic rings. The van der Waals surface area contributed by atoms with Gasteiger partial charge in [0.15, 0.2) is 5.82 Å². The molecule has 0 spiro atoms. The zero-order valence-electron chi connectivity index (χ0n) is 7.69. The molecule has 5 nitrogen and oxygen atoms in total. The molecular formula is C9H10N4O. The number of hydrogen-bond donors (Lipinski definition) is 2. The number of nitrogens with one attached hydrogen (secondary N) is 2. The SMILES string of the molecule is Cc1nc(Nn2cccc2)cc(=O)[nH]1. The molecule has 2 aromatic rings. The van der Waals surface area contributed by atoms with E-state index in [0.29, 0.717) is 11.6 Å². The molecule has 14 heavy (non-hydrogen) atoms. The fourth-order valence-corrected chi connectivity index (χ4v) is 1.18. The maximum atomic E-state index is 11.1. The number of anilines is 1. The van der Waals surface area contributed by atoms with Crippen LogP contribution in [0.5, 0.6) is 0 Å². The third kappa shape index (κ3) is 1.82. The van der Waals surface area contributed by atoms with Gasteiger partial charge in [0, 0.05) is 18.5 Å². The maximum Gasteiger partial charge on any atom is 0.253 e. The summed E-state index contributed by atoms with van der Waals surface area (Å²) in [7, 11) is 0. The van der Waals surface area contributed by atoms with Crippen molar-refractivity contribution in [1.82, 2.24) is 14.6 Å². The largest absolute Gasteiger partial charge is 0.311 e. The Hall–Kier alpha value is -2.04. The number of rotatable bonds is 2. The molecule has 0 aromatic carbocycles. The summed E-state index contributed by atoms with van der Waals surface area (Å²) in [5.74, 6) is 1.12. The Labute approximate surface area is 80.4 Å². The maximum absolute atomic E-state index is 11.1. The van der Waals surface area contributed by atoms with E-state index in [9.17, 15) is 4.79 Å². The molecule has 0 atom stereocenters. The highest BCUT2D eigenvalue weighted by Crippen LogP contribution is 1.99. The molecular weight excluding hydrogens is 180 g/mol. The lowest BCUT2D eigenvalue weighted by molar-refractivity contribution is 0.925. The molecule has 0 saturated carbocycles. The van der Waals surface area contributed by atoms with Gasteiger partial charge >= 0.3 is 0 Å². The van der Waals surface area contributed by atoms with Crippen LogP contribution in [-0.4, -0.2) is 14.6 Å². The van der Waals surface area contributed by atoms with Crippen molar-refractivity contribution in [2.75, 3.05) is 5.43 Å².